The van der Waals surface area contributed by atoms with Crippen LogP contribution in [0.4, 0.5) is 0 Å². The molecule has 0 aliphatic heterocycles. The van der Waals surface area contributed by atoms with E-state index in [2.05, 4.69) is 106 Å². The quantitative estimate of drug-likeness (QED) is 0.0261. The summed E-state index contributed by atoms with van der Waals surface area (Å²) in [6.45, 7) is 6.63. The molecule has 0 amide bonds. The average molecular weight is 1160 g/mol. The molecule has 0 saturated carbocycles. The van der Waals surface area contributed by atoms with E-state index in [-0.39, 0.29) is 31.1 Å². The fraction of sp³-hybridized carbons (Fsp3) is 0.779. The number of rotatable bonds is 66. The van der Waals surface area contributed by atoms with Crippen molar-refractivity contribution in [2.75, 3.05) is 13.2 Å². The van der Waals surface area contributed by atoms with Gasteiger partial charge in [-0.3, -0.25) is 14.4 Å². The van der Waals surface area contributed by atoms with Crippen molar-refractivity contribution in [3.8, 4) is 0 Å². The van der Waals surface area contributed by atoms with Crippen molar-refractivity contribution in [2.24, 2.45) is 0 Å². The van der Waals surface area contributed by atoms with Gasteiger partial charge in [0.25, 0.3) is 0 Å². The molecular weight excluding hydrogens is 1020 g/mol. The third-order valence-corrected chi connectivity index (χ3v) is 15.8. The number of allylic oxidation sites excluding steroid dienone is 14. The van der Waals surface area contributed by atoms with E-state index in [4.69, 9.17) is 14.2 Å². The van der Waals surface area contributed by atoms with Crippen LogP contribution < -0.4 is 0 Å². The molecular formula is C77H136O6. The molecule has 0 rings (SSSR count). The predicted octanol–water partition coefficient (Wildman–Crippen LogP) is 25.0. The average Bonchev–Trinajstić information content (AvgIpc) is 3.49. The minimum absolute atomic E-state index is 0.0802. The lowest BCUT2D eigenvalue weighted by Crippen LogP contribution is -2.30. The van der Waals surface area contributed by atoms with Crippen molar-refractivity contribution in [2.45, 2.75) is 374 Å². The van der Waals surface area contributed by atoms with Crippen LogP contribution in [-0.2, 0) is 28.6 Å². The zero-order valence-corrected chi connectivity index (χ0v) is 55.2. The molecule has 0 aliphatic carbocycles. The summed E-state index contributed by atoms with van der Waals surface area (Å²) < 4.78 is 17.0. The van der Waals surface area contributed by atoms with Crippen molar-refractivity contribution in [1.29, 1.82) is 0 Å². The summed E-state index contributed by atoms with van der Waals surface area (Å²) in [7, 11) is 0. The highest BCUT2D eigenvalue weighted by Crippen LogP contribution is 2.17. The van der Waals surface area contributed by atoms with Crippen LogP contribution in [0.1, 0.15) is 367 Å². The monoisotopic (exact) mass is 1160 g/mol. The van der Waals surface area contributed by atoms with Gasteiger partial charge in [-0.2, -0.15) is 0 Å². The van der Waals surface area contributed by atoms with E-state index >= 15 is 0 Å². The van der Waals surface area contributed by atoms with Crippen molar-refractivity contribution in [3.05, 3.63) is 85.1 Å². The van der Waals surface area contributed by atoms with E-state index < -0.39 is 6.10 Å². The van der Waals surface area contributed by atoms with E-state index in [0.29, 0.717) is 19.3 Å². The highest BCUT2D eigenvalue weighted by atomic mass is 16.6. The molecule has 0 heterocycles. The molecule has 1 unspecified atom stereocenters. The van der Waals surface area contributed by atoms with E-state index in [0.717, 1.165) is 89.9 Å². The molecule has 0 saturated heterocycles. The Morgan fingerprint density at radius 1 is 0.241 bits per heavy atom. The molecule has 6 heteroatoms. The minimum Gasteiger partial charge on any atom is -0.462 e. The van der Waals surface area contributed by atoms with Gasteiger partial charge in [-0.25, -0.2) is 0 Å². The Hall–Kier alpha value is -3.41. The highest BCUT2D eigenvalue weighted by molar-refractivity contribution is 5.71. The second-order valence-electron chi connectivity index (χ2n) is 24.1. The van der Waals surface area contributed by atoms with E-state index in [1.165, 1.54) is 238 Å². The van der Waals surface area contributed by atoms with Crippen LogP contribution in [0.2, 0.25) is 0 Å². The van der Waals surface area contributed by atoms with E-state index in [9.17, 15) is 14.4 Å². The van der Waals surface area contributed by atoms with Crippen LogP contribution >= 0.6 is 0 Å². The summed E-state index contributed by atoms with van der Waals surface area (Å²) in [6.07, 6.45) is 94.6. The standard InChI is InChI=1S/C77H136O6/c1-4-7-10-13-16-19-22-25-28-31-33-35-37-38-40-41-43-46-49-52-55-58-61-64-67-70-76(79)82-73-74(72-81-75(78)69-66-63-60-57-54-51-48-45-30-27-24-21-18-15-12-9-6-3)83-77(80)71-68-65-62-59-56-53-50-47-44-42-39-36-34-32-29-26-23-20-17-14-11-8-5-2/h18,21-23,25-27,30-34,37-38,74H,4-17,19-20,24,28-29,35-36,39-73H2,1-3H3/b21-18-,25-22-,26-23-,30-27-,33-31-,34-32-,38-37-. The Labute approximate surface area is 515 Å². The molecule has 480 valence electrons. The second kappa shape index (κ2) is 71.1. The lowest BCUT2D eigenvalue weighted by atomic mass is 10.0. The van der Waals surface area contributed by atoms with Crippen molar-refractivity contribution in [1.82, 2.24) is 0 Å². The zero-order chi connectivity index (χ0) is 59.9. The Bertz CT molecular complexity index is 1570. The van der Waals surface area contributed by atoms with Gasteiger partial charge in [-0.15, -0.1) is 0 Å². The van der Waals surface area contributed by atoms with Gasteiger partial charge in [-0.05, 0) is 122 Å². The summed E-state index contributed by atoms with van der Waals surface area (Å²) in [5.74, 6) is -0.875. The number of carbonyl (C=O) groups excluding carboxylic acids is 3. The number of unbranched alkanes of at least 4 members (excludes halogenated alkanes) is 41. The van der Waals surface area contributed by atoms with Gasteiger partial charge in [0.2, 0.25) is 0 Å². The van der Waals surface area contributed by atoms with Gasteiger partial charge in [0.05, 0.1) is 0 Å². The molecule has 0 radical (unpaired) electrons. The van der Waals surface area contributed by atoms with E-state index in [1.54, 1.807) is 0 Å². The molecule has 0 aromatic carbocycles. The van der Waals surface area contributed by atoms with Gasteiger partial charge in [0.15, 0.2) is 6.10 Å². The number of hydrogen-bond donors (Lipinski definition) is 0. The Morgan fingerprint density at radius 3 is 0.699 bits per heavy atom. The fourth-order valence-electron chi connectivity index (χ4n) is 10.4. The second-order valence-corrected chi connectivity index (χ2v) is 24.1. The molecule has 0 aromatic rings. The van der Waals surface area contributed by atoms with Crippen molar-refractivity contribution < 1.29 is 28.6 Å². The van der Waals surface area contributed by atoms with Crippen LogP contribution in [0.3, 0.4) is 0 Å². The first-order chi connectivity index (χ1) is 41.0. The van der Waals surface area contributed by atoms with Gasteiger partial charge in [0.1, 0.15) is 13.2 Å². The molecule has 1 atom stereocenters. The first kappa shape index (κ1) is 79.6. The van der Waals surface area contributed by atoms with Gasteiger partial charge in [0, 0.05) is 19.3 Å². The lowest BCUT2D eigenvalue weighted by molar-refractivity contribution is -0.167. The summed E-state index contributed by atoms with van der Waals surface area (Å²) in [5, 5.41) is 0. The molecule has 0 N–H and O–H groups in total. The summed E-state index contributed by atoms with van der Waals surface area (Å²) in [4.78, 5) is 38.5. The Morgan fingerprint density at radius 2 is 0.434 bits per heavy atom. The normalized spacial score (nSPS) is 12.6. The lowest BCUT2D eigenvalue weighted by Gasteiger charge is -2.18. The summed E-state index contributed by atoms with van der Waals surface area (Å²) in [5.41, 5.74) is 0. The van der Waals surface area contributed by atoms with Crippen molar-refractivity contribution in [3.63, 3.8) is 0 Å². The maximum atomic E-state index is 13.0. The molecule has 0 fully saturated rings. The summed E-state index contributed by atoms with van der Waals surface area (Å²) >= 11 is 0. The molecule has 0 bridgehead atoms. The molecule has 0 aliphatic rings. The van der Waals surface area contributed by atoms with Crippen LogP contribution in [0.15, 0.2) is 85.1 Å². The Balaban J connectivity index is 4.36. The third kappa shape index (κ3) is 69.3. The first-order valence-electron chi connectivity index (χ1n) is 36.1. The molecule has 6 nitrogen and oxygen atoms in total. The molecule has 0 aromatic heterocycles. The number of hydrogen-bond acceptors (Lipinski definition) is 6. The predicted molar refractivity (Wildman–Crippen MR) is 362 cm³/mol. The van der Waals surface area contributed by atoms with Crippen LogP contribution in [-0.4, -0.2) is 37.2 Å². The largest absolute Gasteiger partial charge is 0.462 e. The number of esters is 3. The van der Waals surface area contributed by atoms with Crippen LogP contribution in [0.25, 0.3) is 0 Å². The number of carbonyl (C=O) groups is 3. The fourth-order valence-corrected chi connectivity index (χ4v) is 10.4. The molecule has 0 spiro atoms. The van der Waals surface area contributed by atoms with Crippen LogP contribution in [0.5, 0.6) is 0 Å². The first-order valence-corrected chi connectivity index (χ1v) is 36.1. The van der Waals surface area contributed by atoms with Crippen LogP contribution in [0, 0.1) is 0 Å². The maximum absolute atomic E-state index is 13.0. The highest BCUT2D eigenvalue weighted by Gasteiger charge is 2.19. The zero-order valence-electron chi connectivity index (χ0n) is 55.2. The number of ether oxygens (including phenoxy) is 3. The Kier molecular flexibility index (Phi) is 68.2. The van der Waals surface area contributed by atoms with Gasteiger partial charge >= 0.3 is 17.9 Å². The summed E-state index contributed by atoms with van der Waals surface area (Å²) in [6, 6.07) is 0. The van der Waals surface area contributed by atoms with Crippen molar-refractivity contribution >= 4 is 17.9 Å². The minimum atomic E-state index is -0.785. The molecule has 83 heavy (non-hydrogen) atoms. The van der Waals surface area contributed by atoms with Gasteiger partial charge in [-0.1, -0.05) is 311 Å². The third-order valence-electron chi connectivity index (χ3n) is 15.8. The SMILES string of the molecule is CCCCC/C=C\C/C=C\CCCCCCCCCC(=O)OCC(COC(=O)CCCCCCCCCCCC/C=C\C/C=C\C/C=C\CCCCCCC)OC(=O)CCCCCCCCCCCCC/C=C\C/C=C\CCCCCCC. The smallest absolute Gasteiger partial charge is 0.306 e. The topological polar surface area (TPSA) is 78.9 Å². The van der Waals surface area contributed by atoms with E-state index in [1.807, 2.05) is 0 Å². The van der Waals surface area contributed by atoms with Gasteiger partial charge < -0.3 is 14.2 Å². The maximum Gasteiger partial charge on any atom is 0.306 e.